The lowest BCUT2D eigenvalue weighted by molar-refractivity contribution is 0.0691. The van der Waals surface area contributed by atoms with E-state index in [0.29, 0.717) is 6.04 Å². The Kier molecular flexibility index (Phi) is 3.69. The summed E-state index contributed by atoms with van der Waals surface area (Å²) >= 11 is 0. The SMILES string of the molecule is CCN(c1cc(C(=O)O)nc2ccccc12)C(C)C. The van der Waals surface area contributed by atoms with Crippen molar-refractivity contribution in [3.63, 3.8) is 0 Å². The standard InChI is InChI=1S/C15H18N2O2/c1-4-17(10(2)3)14-9-13(15(18)19)16-12-8-6-5-7-11(12)14/h5-10H,4H2,1-3H3,(H,18,19). The summed E-state index contributed by atoms with van der Waals surface area (Å²) < 4.78 is 0. The Labute approximate surface area is 112 Å². The fourth-order valence-corrected chi connectivity index (χ4v) is 2.32. The monoisotopic (exact) mass is 258 g/mol. The van der Waals surface area contributed by atoms with Crippen molar-refractivity contribution in [3.05, 3.63) is 36.0 Å². The second-order valence-electron chi connectivity index (χ2n) is 4.73. The van der Waals surface area contributed by atoms with E-state index in [-0.39, 0.29) is 5.69 Å². The zero-order chi connectivity index (χ0) is 14.0. The maximum atomic E-state index is 11.2. The Morgan fingerprint density at radius 2 is 2.05 bits per heavy atom. The van der Waals surface area contributed by atoms with E-state index < -0.39 is 5.97 Å². The molecule has 1 heterocycles. The molecule has 1 aromatic heterocycles. The minimum Gasteiger partial charge on any atom is -0.477 e. The molecular weight excluding hydrogens is 240 g/mol. The Hall–Kier alpha value is -2.10. The van der Waals surface area contributed by atoms with Gasteiger partial charge in [-0.3, -0.25) is 0 Å². The normalized spacial score (nSPS) is 10.9. The molecule has 19 heavy (non-hydrogen) atoms. The number of fused-ring (bicyclic) bond motifs is 1. The van der Waals surface area contributed by atoms with Gasteiger partial charge in [-0.25, -0.2) is 9.78 Å². The zero-order valence-corrected chi connectivity index (χ0v) is 11.4. The largest absolute Gasteiger partial charge is 0.477 e. The van der Waals surface area contributed by atoms with E-state index in [1.807, 2.05) is 24.3 Å². The molecule has 1 aromatic carbocycles. The maximum Gasteiger partial charge on any atom is 0.354 e. The van der Waals surface area contributed by atoms with Crippen LogP contribution in [-0.4, -0.2) is 28.6 Å². The van der Waals surface area contributed by atoms with Crippen LogP contribution in [0.4, 0.5) is 5.69 Å². The summed E-state index contributed by atoms with van der Waals surface area (Å²) in [6.45, 7) is 7.08. The van der Waals surface area contributed by atoms with Crippen LogP contribution in [0, 0.1) is 0 Å². The predicted octanol–water partition coefficient (Wildman–Crippen LogP) is 3.17. The van der Waals surface area contributed by atoms with Crippen LogP contribution in [0.5, 0.6) is 0 Å². The number of pyridine rings is 1. The third kappa shape index (κ3) is 2.52. The van der Waals surface area contributed by atoms with Crippen molar-refractivity contribution in [2.75, 3.05) is 11.4 Å². The zero-order valence-electron chi connectivity index (χ0n) is 11.4. The minimum atomic E-state index is -0.994. The molecule has 0 unspecified atom stereocenters. The number of rotatable bonds is 4. The summed E-state index contributed by atoms with van der Waals surface area (Å²) in [5.41, 5.74) is 1.74. The molecule has 0 amide bonds. The van der Waals surface area contributed by atoms with Crippen molar-refractivity contribution in [1.82, 2.24) is 4.98 Å². The first-order valence-electron chi connectivity index (χ1n) is 6.44. The van der Waals surface area contributed by atoms with Crippen LogP contribution in [0.15, 0.2) is 30.3 Å². The van der Waals surface area contributed by atoms with Crippen molar-refractivity contribution >= 4 is 22.6 Å². The van der Waals surface area contributed by atoms with Crippen LogP contribution in [-0.2, 0) is 0 Å². The van der Waals surface area contributed by atoms with Gasteiger partial charge in [-0.2, -0.15) is 0 Å². The fourth-order valence-electron chi connectivity index (χ4n) is 2.32. The predicted molar refractivity (Wildman–Crippen MR) is 76.9 cm³/mol. The molecule has 2 aromatic rings. The fraction of sp³-hybridized carbons (Fsp3) is 0.333. The number of benzene rings is 1. The number of hydrogen-bond donors (Lipinski definition) is 1. The van der Waals surface area contributed by atoms with Gasteiger partial charge < -0.3 is 10.0 Å². The maximum absolute atomic E-state index is 11.2. The van der Waals surface area contributed by atoms with Gasteiger partial charge >= 0.3 is 5.97 Å². The van der Waals surface area contributed by atoms with Gasteiger partial charge in [-0.05, 0) is 32.9 Å². The Balaban J connectivity index is 2.72. The number of para-hydroxylation sites is 1. The highest BCUT2D eigenvalue weighted by Gasteiger charge is 2.16. The molecule has 0 saturated carbocycles. The highest BCUT2D eigenvalue weighted by molar-refractivity contribution is 5.97. The van der Waals surface area contributed by atoms with E-state index in [9.17, 15) is 9.90 Å². The van der Waals surface area contributed by atoms with Crippen LogP contribution in [0.1, 0.15) is 31.3 Å². The first-order valence-corrected chi connectivity index (χ1v) is 6.44. The average Bonchev–Trinajstić information content (AvgIpc) is 2.38. The Morgan fingerprint density at radius 3 is 2.63 bits per heavy atom. The number of carbonyl (C=O) groups is 1. The quantitative estimate of drug-likeness (QED) is 0.915. The van der Waals surface area contributed by atoms with Crippen molar-refractivity contribution < 1.29 is 9.90 Å². The van der Waals surface area contributed by atoms with Gasteiger partial charge in [0, 0.05) is 23.7 Å². The van der Waals surface area contributed by atoms with E-state index in [1.54, 1.807) is 6.07 Å². The van der Waals surface area contributed by atoms with E-state index in [0.717, 1.165) is 23.1 Å². The van der Waals surface area contributed by atoms with E-state index in [2.05, 4.69) is 30.7 Å². The first kappa shape index (κ1) is 13.3. The second kappa shape index (κ2) is 5.26. The van der Waals surface area contributed by atoms with Crippen molar-refractivity contribution in [3.8, 4) is 0 Å². The highest BCUT2D eigenvalue weighted by Crippen LogP contribution is 2.28. The summed E-state index contributed by atoms with van der Waals surface area (Å²) in [7, 11) is 0. The van der Waals surface area contributed by atoms with Crippen LogP contribution in [0.2, 0.25) is 0 Å². The lowest BCUT2D eigenvalue weighted by Gasteiger charge is -2.28. The molecule has 0 aliphatic heterocycles. The topological polar surface area (TPSA) is 53.4 Å². The van der Waals surface area contributed by atoms with Crippen LogP contribution in [0.25, 0.3) is 10.9 Å². The Morgan fingerprint density at radius 1 is 1.37 bits per heavy atom. The molecule has 0 aliphatic carbocycles. The van der Waals surface area contributed by atoms with Gasteiger partial charge in [0.05, 0.1) is 5.52 Å². The van der Waals surface area contributed by atoms with Crippen LogP contribution >= 0.6 is 0 Å². The third-order valence-electron chi connectivity index (χ3n) is 3.19. The number of aromatic carboxylic acids is 1. The summed E-state index contributed by atoms with van der Waals surface area (Å²) in [6, 6.07) is 9.61. The molecule has 0 aliphatic rings. The summed E-state index contributed by atoms with van der Waals surface area (Å²) in [5, 5.41) is 10.2. The van der Waals surface area contributed by atoms with E-state index >= 15 is 0 Å². The molecular formula is C15H18N2O2. The second-order valence-corrected chi connectivity index (χ2v) is 4.73. The lowest BCUT2D eigenvalue weighted by Crippen LogP contribution is -2.30. The number of carboxylic acids is 1. The van der Waals surface area contributed by atoms with Gasteiger partial charge in [0.1, 0.15) is 0 Å². The molecule has 2 rings (SSSR count). The first-order chi connectivity index (χ1) is 9.04. The molecule has 4 nitrogen and oxygen atoms in total. The molecule has 0 fully saturated rings. The molecule has 0 atom stereocenters. The molecule has 1 N–H and O–H groups in total. The van der Waals surface area contributed by atoms with Crippen molar-refractivity contribution in [1.29, 1.82) is 0 Å². The molecule has 0 radical (unpaired) electrons. The minimum absolute atomic E-state index is 0.0906. The molecule has 100 valence electrons. The highest BCUT2D eigenvalue weighted by atomic mass is 16.4. The van der Waals surface area contributed by atoms with E-state index in [1.165, 1.54) is 0 Å². The number of nitrogens with zero attached hydrogens (tertiary/aromatic N) is 2. The van der Waals surface area contributed by atoms with Crippen LogP contribution < -0.4 is 4.90 Å². The molecule has 0 saturated heterocycles. The van der Waals surface area contributed by atoms with Gasteiger partial charge in [-0.15, -0.1) is 0 Å². The number of anilines is 1. The summed E-state index contributed by atoms with van der Waals surface area (Å²) in [5.74, 6) is -0.994. The van der Waals surface area contributed by atoms with Crippen molar-refractivity contribution in [2.24, 2.45) is 0 Å². The summed E-state index contributed by atoms with van der Waals surface area (Å²) in [4.78, 5) is 17.6. The molecule has 0 bridgehead atoms. The van der Waals surface area contributed by atoms with Crippen LogP contribution in [0.3, 0.4) is 0 Å². The molecule has 4 heteroatoms. The van der Waals surface area contributed by atoms with Crippen molar-refractivity contribution in [2.45, 2.75) is 26.8 Å². The molecule has 0 spiro atoms. The average molecular weight is 258 g/mol. The van der Waals surface area contributed by atoms with Gasteiger partial charge in [0.2, 0.25) is 0 Å². The smallest absolute Gasteiger partial charge is 0.354 e. The lowest BCUT2D eigenvalue weighted by atomic mass is 10.1. The number of carboxylic acid groups (broad SMARTS) is 1. The van der Waals surface area contributed by atoms with Gasteiger partial charge in [0.15, 0.2) is 5.69 Å². The van der Waals surface area contributed by atoms with E-state index in [4.69, 9.17) is 0 Å². The van der Waals surface area contributed by atoms with Gasteiger partial charge in [0.25, 0.3) is 0 Å². The number of hydrogen-bond acceptors (Lipinski definition) is 3. The Bertz CT molecular complexity index is 608. The van der Waals surface area contributed by atoms with Gasteiger partial charge in [-0.1, -0.05) is 18.2 Å². The number of aromatic nitrogens is 1. The summed E-state index contributed by atoms with van der Waals surface area (Å²) in [6.07, 6.45) is 0. The third-order valence-corrected chi connectivity index (χ3v) is 3.19.